The first kappa shape index (κ1) is 19.6. The number of nitrogens with one attached hydrogen (secondary N) is 1. The second kappa shape index (κ2) is 9.61. The maximum Gasteiger partial charge on any atom is 0.254 e. The summed E-state index contributed by atoms with van der Waals surface area (Å²) < 4.78 is 36.5. The molecule has 0 unspecified atom stereocenters. The number of hydrogen-bond donors (Lipinski definition) is 1. The molecule has 0 spiro atoms. The van der Waals surface area contributed by atoms with Gasteiger partial charge in [-0.25, -0.2) is 13.1 Å². The summed E-state index contributed by atoms with van der Waals surface area (Å²) in [5.74, 6) is -0.257. The van der Waals surface area contributed by atoms with Gasteiger partial charge in [-0.1, -0.05) is 13.0 Å². The average Bonchev–Trinajstić information content (AvgIpc) is 2.54. The third kappa shape index (κ3) is 5.91. The normalized spacial score (nSPS) is 11.4. The second-order valence-electron chi connectivity index (χ2n) is 4.81. The van der Waals surface area contributed by atoms with E-state index in [4.69, 9.17) is 9.47 Å². The van der Waals surface area contributed by atoms with E-state index >= 15 is 0 Å². The van der Waals surface area contributed by atoms with E-state index in [1.807, 2.05) is 0 Å². The second-order valence-corrected chi connectivity index (χ2v) is 6.57. The SMILES string of the molecule is CCNS(=O)(=O)c1cccc(C(=O)N(CCOC)CCOC)c1. The molecule has 0 saturated heterocycles. The summed E-state index contributed by atoms with van der Waals surface area (Å²) >= 11 is 0. The number of carbonyl (C=O) groups excluding carboxylic acids is 1. The summed E-state index contributed by atoms with van der Waals surface area (Å²) in [4.78, 5) is 14.2. The molecule has 0 atom stereocenters. The number of amides is 1. The van der Waals surface area contributed by atoms with Crippen LogP contribution in [0.5, 0.6) is 0 Å². The Bertz CT molecular complexity index is 596. The fraction of sp³-hybridized carbons (Fsp3) is 0.533. The number of hydrogen-bond acceptors (Lipinski definition) is 5. The third-order valence-electron chi connectivity index (χ3n) is 3.14. The first-order valence-corrected chi connectivity index (χ1v) is 8.81. The van der Waals surface area contributed by atoms with E-state index in [1.54, 1.807) is 38.2 Å². The van der Waals surface area contributed by atoms with Gasteiger partial charge in [-0.15, -0.1) is 0 Å². The molecule has 1 N–H and O–H groups in total. The third-order valence-corrected chi connectivity index (χ3v) is 4.69. The highest BCUT2D eigenvalue weighted by molar-refractivity contribution is 7.89. The van der Waals surface area contributed by atoms with Crippen LogP contribution in [0, 0.1) is 0 Å². The molecule has 1 aromatic rings. The van der Waals surface area contributed by atoms with Gasteiger partial charge < -0.3 is 14.4 Å². The molecule has 130 valence electrons. The van der Waals surface area contributed by atoms with Crippen LogP contribution in [0.25, 0.3) is 0 Å². The monoisotopic (exact) mass is 344 g/mol. The van der Waals surface area contributed by atoms with E-state index in [0.717, 1.165) is 0 Å². The predicted octanol–water partition coefficient (Wildman–Crippen LogP) is 0.720. The van der Waals surface area contributed by atoms with Crippen LogP contribution in [0.1, 0.15) is 17.3 Å². The molecule has 23 heavy (non-hydrogen) atoms. The molecule has 1 rings (SSSR count). The highest BCUT2D eigenvalue weighted by Crippen LogP contribution is 2.13. The van der Waals surface area contributed by atoms with Gasteiger partial charge >= 0.3 is 0 Å². The van der Waals surface area contributed by atoms with Crippen molar-refractivity contribution < 1.29 is 22.7 Å². The molecule has 0 aliphatic rings. The Balaban J connectivity index is 3.00. The fourth-order valence-electron chi connectivity index (χ4n) is 1.97. The van der Waals surface area contributed by atoms with E-state index < -0.39 is 10.0 Å². The fourth-order valence-corrected chi connectivity index (χ4v) is 3.06. The van der Waals surface area contributed by atoms with Crippen molar-refractivity contribution in [2.45, 2.75) is 11.8 Å². The van der Waals surface area contributed by atoms with Gasteiger partial charge in [0, 0.05) is 39.4 Å². The lowest BCUT2D eigenvalue weighted by atomic mass is 10.2. The van der Waals surface area contributed by atoms with Crippen molar-refractivity contribution >= 4 is 15.9 Å². The van der Waals surface area contributed by atoms with E-state index in [1.165, 1.54) is 12.1 Å². The number of carbonyl (C=O) groups is 1. The Morgan fingerprint density at radius 2 is 1.78 bits per heavy atom. The first-order valence-electron chi connectivity index (χ1n) is 7.33. The number of methoxy groups -OCH3 is 2. The van der Waals surface area contributed by atoms with Crippen LogP contribution >= 0.6 is 0 Å². The van der Waals surface area contributed by atoms with E-state index in [0.29, 0.717) is 31.9 Å². The van der Waals surface area contributed by atoms with E-state index in [-0.39, 0.29) is 17.3 Å². The quantitative estimate of drug-likeness (QED) is 0.676. The van der Waals surface area contributed by atoms with Gasteiger partial charge in [0.15, 0.2) is 0 Å². The van der Waals surface area contributed by atoms with Crippen LogP contribution in [0.2, 0.25) is 0 Å². The summed E-state index contributed by atoms with van der Waals surface area (Å²) in [6.07, 6.45) is 0. The van der Waals surface area contributed by atoms with E-state index in [2.05, 4.69) is 4.72 Å². The Labute approximate surface area is 137 Å². The Hall–Kier alpha value is -1.48. The van der Waals surface area contributed by atoms with Crippen molar-refractivity contribution in [1.29, 1.82) is 0 Å². The standard InChI is InChI=1S/C15H24N2O5S/c1-4-16-23(19,20)14-7-5-6-13(12-14)15(18)17(8-10-21-2)9-11-22-3/h5-7,12,16H,4,8-11H2,1-3H3. The molecule has 0 saturated carbocycles. The molecule has 0 radical (unpaired) electrons. The molecule has 1 aromatic carbocycles. The predicted molar refractivity (Wildman–Crippen MR) is 87.0 cm³/mol. The zero-order chi connectivity index (χ0) is 17.3. The molecule has 8 heteroatoms. The molecule has 7 nitrogen and oxygen atoms in total. The van der Waals surface area contributed by atoms with Crippen LogP contribution in [0.4, 0.5) is 0 Å². The minimum absolute atomic E-state index is 0.0728. The van der Waals surface area contributed by atoms with Gasteiger partial charge in [-0.3, -0.25) is 4.79 Å². The maximum atomic E-state index is 12.6. The topological polar surface area (TPSA) is 84.9 Å². The molecule has 0 bridgehead atoms. The van der Waals surface area contributed by atoms with Gasteiger partial charge in [0.1, 0.15) is 0 Å². The van der Waals surface area contributed by atoms with Gasteiger partial charge in [0.2, 0.25) is 10.0 Å². The van der Waals surface area contributed by atoms with Crippen LogP contribution in [0.15, 0.2) is 29.2 Å². The minimum atomic E-state index is -3.60. The van der Waals surface area contributed by atoms with Crippen LogP contribution in [0.3, 0.4) is 0 Å². The Kier molecular flexibility index (Phi) is 8.18. The van der Waals surface area contributed by atoms with Gasteiger partial charge in [-0.05, 0) is 18.2 Å². The molecule has 0 aliphatic carbocycles. The molecular formula is C15H24N2O5S. The maximum absolute atomic E-state index is 12.6. The summed E-state index contributed by atoms with van der Waals surface area (Å²) in [5.41, 5.74) is 0.316. The lowest BCUT2D eigenvalue weighted by molar-refractivity contribution is 0.0627. The van der Waals surface area contributed by atoms with Crippen molar-refractivity contribution in [3.05, 3.63) is 29.8 Å². The van der Waals surface area contributed by atoms with Crippen LogP contribution < -0.4 is 4.72 Å². The summed E-state index contributed by atoms with van der Waals surface area (Å²) in [6.45, 7) is 3.58. The van der Waals surface area contributed by atoms with Crippen molar-refractivity contribution in [1.82, 2.24) is 9.62 Å². The highest BCUT2D eigenvalue weighted by atomic mass is 32.2. The summed E-state index contributed by atoms with van der Waals surface area (Å²) in [6, 6.07) is 6.00. The van der Waals surface area contributed by atoms with Crippen molar-refractivity contribution in [3.8, 4) is 0 Å². The molecule has 0 aromatic heterocycles. The summed E-state index contributed by atoms with van der Waals surface area (Å²) in [5, 5.41) is 0. The van der Waals surface area contributed by atoms with Crippen molar-refractivity contribution in [2.24, 2.45) is 0 Å². The van der Waals surface area contributed by atoms with Gasteiger partial charge in [0.25, 0.3) is 5.91 Å². The Morgan fingerprint density at radius 1 is 1.17 bits per heavy atom. The van der Waals surface area contributed by atoms with Crippen molar-refractivity contribution in [3.63, 3.8) is 0 Å². The van der Waals surface area contributed by atoms with Crippen LogP contribution in [-0.4, -0.2) is 66.3 Å². The molecule has 1 amide bonds. The first-order chi connectivity index (χ1) is 11.0. The Morgan fingerprint density at radius 3 is 2.30 bits per heavy atom. The van der Waals surface area contributed by atoms with Crippen molar-refractivity contribution in [2.75, 3.05) is 47.1 Å². The zero-order valence-corrected chi connectivity index (χ0v) is 14.6. The summed E-state index contributed by atoms with van der Waals surface area (Å²) in [7, 11) is -0.480. The van der Waals surface area contributed by atoms with Gasteiger partial charge in [-0.2, -0.15) is 0 Å². The van der Waals surface area contributed by atoms with Gasteiger partial charge in [0.05, 0.1) is 18.1 Å². The molecule has 0 heterocycles. The van der Waals surface area contributed by atoms with E-state index in [9.17, 15) is 13.2 Å². The number of ether oxygens (including phenoxy) is 2. The number of benzene rings is 1. The minimum Gasteiger partial charge on any atom is -0.383 e. The number of rotatable bonds is 10. The molecule has 0 fully saturated rings. The number of sulfonamides is 1. The number of nitrogens with zero attached hydrogens (tertiary/aromatic N) is 1. The lowest BCUT2D eigenvalue weighted by Gasteiger charge is -2.22. The highest BCUT2D eigenvalue weighted by Gasteiger charge is 2.19. The largest absolute Gasteiger partial charge is 0.383 e. The average molecular weight is 344 g/mol. The molecule has 0 aliphatic heterocycles. The zero-order valence-electron chi connectivity index (χ0n) is 13.7. The lowest BCUT2D eigenvalue weighted by Crippen LogP contribution is -2.36. The van der Waals surface area contributed by atoms with Crippen LogP contribution in [-0.2, 0) is 19.5 Å². The molecular weight excluding hydrogens is 320 g/mol. The smallest absolute Gasteiger partial charge is 0.254 e.